The zero-order valence-corrected chi connectivity index (χ0v) is 22.6. The smallest absolute Gasteiger partial charge is 0.409 e. The van der Waals surface area contributed by atoms with Crippen molar-refractivity contribution in [3.05, 3.63) is 24.3 Å². The molecule has 4 bridgehead atoms. The second-order valence-corrected chi connectivity index (χ2v) is 12.0. The van der Waals surface area contributed by atoms with Gasteiger partial charge in [-0.25, -0.2) is 9.78 Å². The number of aromatic amines is 1. The fourth-order valence-corrected chi connectivity index (χ4v) is 7.82. The van der Waals surface area contributed by atoms with E-state index in [4.69, 9.17) is 9.26 Å². The largest absolute Gasteiger partial charge is 0.450 e. The van der Waals surface area contributed by atoms with E-state index in [1.807, 2.05) is 12.3 Å². The molecule has 4 heterocycles. The molecule has 3 aromatic heterocycles. The predicted molar refractivity (Wildman–Crippen MR) is 144 cm³/mol. The zero-order valence-electron chi connectivity index (χ0n) is 22.6. The van der Waals surface area contributed by atoms with Gasteiger partial charge in [0.2, 0.25) is 0 Å². The molecule has 1 saturated heterocycles. The van der Waals surface area contributed by atoms with E-state index in [0.717, 1.165) is 48.8 Å². The van der Waals surface area contributed by atoms with E-state index in [-0.39, 0.29) is 35.5 Å². The van der Waals surface area contributed by atoms with Gasteiger partial charge in [0.25, 0.3) is 17.6 Å². The van der Waals surface area contributed by atoms with Crippen LogP contribution in [0.15, 0.2) is 23.0 Å². The maximum absolute atomic E-state index is 13.0. The molecular weight excluding hydrogens is 514 g/mol. The minimum atomic E-state index is -0.412. The monoisotopic (exact) mass is 549 g/mol. The number of aromatic nitrogens is 4. The third-order valence-corrected chi connectivity index (χ3v) is 9.42. The van der Waals surface area contributed by atoms with Gasteiger partial charge < -0.3 is 34.9 Å². The van der Waals surface area contributed by atoms with Gasteiger partial charge in [0.1, 0.15) is 5.65 Å². The van der Waals surface area contributed by atoms with Crippen LogP contribution in [0.2, 0.25) is 0 Å². The lowest BCUT2D eigenvalue weighted by Gasteiger charge is -2.59. The number of anilines is 1. The molecule has 12 heteroatoms. The lowest BCUT2D eigenvalue weighted by molar-refractivity contribution is -0.0960. The Balaban J connectivity index is 1.10. The number of amides is 2. The standard InChI is InChI=1S/C28H35N7O5/c1-2-39-27(38)35-7-4-18(5-8-35)31-25(37)24-32-26(40-34-24)20-14-30-23-19(3-6-29-23)21(20)33-28-11-15-9-16(12-28)22(36)17(10-15)13-28/h3,6,14-18,22,36H,2,4-5,7-13H2,1H3,(H,31,37)(H2,29,30,33)/t15?,16-,17+,22?,28+. The number of hydrogen-bond donors (Lipinski definition) is 4. The van der Waals surface area contributed by atoms with Gasteiger partial charge in [-0.2, -0.15) is 4.98 Å². The Hall–Kier alpha value is -3.67. The summed E-state index contributed by atoms with van der Waals surface area (Å²) in [7, 11) is 0. The number of aliphatic hydroxyl groups is 1. The Morgan fingerprint density at radius 2 is 2.00 bits per heavy atom. The average Bonchev–Trinajstić information content (AvgIpc) is 3.62. The molecule has 4 aliphatic carbocycles. The van der Waals surface area contributed by atoms with Crippen molar-refractivity contribution in [2.45, 2.75) is 69.6 Å². The SMILES string of the molecule is CCOC(=O)N1CCC(NC(=O)c2noc(-c3cnc4[nH]ccc4c3N[C@@]34CC5C[C@H](C3)C(O)[C@@H](C5)C4)n2)CC1. The molecule has 2 unspecified atom stereocenters. The fraction of sp³-hybridized carbons (Fsp3) is 0.607. The van der Waals surface area contributed by atoms with Crippen molar-refractivity contribution in [2.75, 3.05) is 25.0 Å². The molecule has 212 valence electrons. The molecule has 40 heavy (non-hydrogen) atoms. The fourth-order valence-electron chi connectivity index (χ4n) is 7.82. The van der Waals surface area contributed by atoms with Crippen LogP contribution in [-0.2, 0) is 4.74 Å². The van der Waals surface area contributed by atoms with Gasteiger partial charge in [-0.05, 0) is 75.7 Å². The molecule has 12 nitrogen and oxygen atoms in total. The molecule has 8 rings (SSSR count). The maximum Gasteiger partial charge on any atom is 0.409 e. The van der Waals surface area contributed by atoms with Crippen molar-refractivity contribution in [2.24, 2.45) is 17.8 Å². The highest BCUT2D eigenvalue weighted by Gasteiger charge is 2.55. The van der Waals surface area contributed by atoms with Crippen LogP contribution >= 0.6 is 0 Å². The van der Waals surface area contributed by atoms with Gasteiger partial charge in [0.05, 0.1) is 24.0 Å². The highest BCUT2D eigenvalue weighted by Crippen LogP contribution is 2.57. The van der Waals surface area contributed by atoms with Gasteiger partial charge in [-0.1, -0.05) is 5.16 Å². The van der Waals surface area contributed by atoms with E-state index in [0.29, 0.717) is 55.9 Å². The van der Waals surface area contributed by atoms with Crippen molar-refractivity contribution in [1.29, 1.82) is 0 Å². The number of carbonyl (C=O) groups excluding carboxylic acids is 2. The second-order valence-electron chi connectivity index (χ2n) is 12.0. The number of piperidine rings is 1. The number of likely N-dealkylation sites (tertiary alicyclic amines) is 1. The first-order valence-corrected chi connectivity index (χ1v) is 14.4. The summed E-state index contributed by atoms with van der Waals surface area (Å²) in [6.45, 7) is 3.15. The average molecular weight is 550 g/mol. The van der Waals surface area contributed by atoms with Crippen LogP contribution in [0.1, 0.15) is 62.5 Å². The first-order chi connectivity index (χ1) is 19.4. The van der Waals surface area contributed by atoms with Crippen LogP contribution in [0.4, 0.5) is 10.5 Å². The molecule has 5 atom stereocenters. The number of nitrogens with zero attached hydrogens (tertiary/aromatic N) is 4. The molecule has 1 aliphatic heterocycles. The highest BCUT2D eigenvalue weighted by molar-refractivity contribution is 5.98. The van der Waals surface area contributed by atoms with E-state index < -0.39 is 5.91 Å². The van der Waals surface area contributed by atoms with Crippen LogP contribution in [0.25, 0.3) is 22.5 Å². The molecule has 2 amide bonds. The van der Waals surface area contributed by atoms with Gasteiger partial charge in [-0.15, -0.1) is 0 Å². The number of H-pyrrole nitrogens is 1. The van der Waals surface area contributed by atoms with Crippen molar-refractivity contribution in [3.8, 4) is 11.5 Å². The summed E-state index contributed by atoms with van der Waals surface area (Å²) in [6.07, 6.45) is 9.43. The Morgan fingerprint density at radius 1 is 1.23 bits per heavy atom. The van der Waals surface area contributed by atoms with Gasteiger partial charge in [0, 0.05) is 42.5 Å². The Bertz CT molecular complexity index is 1410. The third-order valence-electron chi connectivity index (χ3n) is 9.42. The Kier molecular flexibility index (Phi) is 6.17. The first-order valence-electron chi connectivity index (χ1n) is 14.4. The lowest BCUT2D eigenvalue weighted by atomic mass is 9.51. The van der Waals surface area contributed by atoms with Crippen molar-refractivity contribution in [1.82, 2.24) is 30.3 Å². The molecule has 4 N–H and O–H groups in total. The van der Waals surface area contributed by atoms with Crippen molar-refractivity contribution >= 4 is 28.7 Å². The summed E-state index contributed by atoms with van der Waals surface area (Å²) >= 11 is 0. The summed E-state index contributed by atoms with van der Waals surface area (Å²) in [5.74, 6) is 1.06. The lowest BCUT2D eigenvalue weighted by Crippen LogP contribution is -2.60. The highest BCUT2D eigenvalue weighted by atomic mass is 16.6. The van der Waals surface area contributed by atoms with Crippen LogP contribution < -0.4 is 10.6 Å². The number of carbonyl (C=O) groups is 2. The van der Waals surface area contributed by atoms with E-state index >= 15 is 0 Å². The number of pyridine rings is 1. The Morgan fingerprint density at radius 3 is 2.75 bits per heavy atom. The number of hydrogen-bond acceptors (Lipinski definition) is 9. The molecule has 0 aromatic carbocycles. The summed E-state index contributed by atoms with van der Waals surface area (Å²) in [5, 5.41) is 22.6. The van der Waals surface area contributed by atoms with Crippen LogP contribution in [0.5, 0.6) is 0 Å². The van der Waals surface area contributed by atoms with Crippen LogP contribution in [0, 0.1) is 17.8 Å². The van der Waals surface area contributed by atoms with Gasteiger partial charge >= 0.3 is 6.09 Å². The van der Waals surface area contributed by atoms with E-state index in [9.17, 15) is 14.7 Å². The van der Waals surface area contributed by atoms with Crippen LogP contribution in [-0.4, -0.2) is 79.5 Å². The minimum Gasteiger partial charge on any atom is -0.450 e. The summed E-state index contributed by atoms with van der Waals surface area (Å²) in [4.78, 5) is 38.8. The minimum absolute atomic E-state index is 0.0409. The van der Waals surface area contributed by atoms with E-state index in [1.54, 1.807) is 18.0 Å². The van der Waals surface area contributed by atoms with Crippen molar-refractivity contribution in [3.63, 3.8) is 0 Å². The number of nitrogens with one attached hydrogen (secondary N) is 3. The van der Waals surface area contributed by atoms with Gasteiger partial charge in [-0.3, -0.25) is 4.79 Å². The normalized spacial score (nSPS) is 29.6. The topological polar surface area (TPSA) is 158 Å². The molecule has 3 aromatic rings. The van der Waals surface area contributed by atoms with Crippen LogP contribution in [0.3, 0.4) is 0 Å². The number of fused-ring (bicyclic) bond motifs is 1. The Labute approximate surface area is 231 Å². The molecule has 5 aliphatic rings. The molecule has 0 radical (unpaired) electrons. The number of rotatable bonds is 6. The molecule has 0 spiro atoms. The molecule has 5 fully saturated rings. The van der Waals surface area contributed by atoms with Gasteiger partial charge in [0.15, 0.2) is 0 Å². The molecule has 4 saturated carbocycles. The predicted octanol–water partition coefficient (Wildman–Crippen LogP) is 3.32. The number of aliphatic hydroxyl groups excluding tert-OH is 1. The summed E-state index contributed by atoms with van der Waals surface area (Å²) in [6, 6.07) is 1.89. The van der Waals surface area contributed by atoms with Crippen molar-refractivity contribution < 1.29 is 24.0 Å². The van der Waals surface area contributed by atoms with E-state index in [1.165, 1.54) is 0 Å². The first kappa shape index (κ1) is 25.3. The third kappa shape index (κ3) is 4.38. The second kappa shape index (κ2) is 9.76. The molecular formula is C28H35N7O5. The quantitative estimate of drug-likeness (QED) is 0.362. The van der Waals surface area contributed by atoms with E-state index in [2.05, 4.69) is 30.7 Å². The zero-order chi connectivity index (χ0) is 27.4. The summed E-state index contributed by atoms with van der Waals surface area (Å²) in [5.41, 5.74) is 2.17. The maximum atomic E-state index is 13.0. The number of ether oxygens (including phenoxy) is 1. The summed E-state index contributed by atoms with van der Waals surface area (Å²) < 4.78 is 10.7.